The molecule has 2 aliphatic heterocycles. The fourth-order valence-corrected chi connectivity index (χ4v) is 9.05. The molecule has 0 aliphatic carbocycles. The van der Waals surface area contributed by atoms with Gasteiger partial charge in [0.05, 0.1) is 33.0 Å². The summed E-state index contributed by atoms with van der Waals surface area (Å²) in [5.41, 5.74) is -13.9. The molecule has 0 saturated carbocycles. The number of aromatic hydroxyl groups is 16. The Morgan fingerprint density at radius 2 is 0.936 bits per heavy atom. The summed E-state index contributed by atoms with van der Waals surface area (Å²) in [4.78, 5) is 84.1. The molecule has 17 N–H and O–H groups in total. The molecule has 8 aromatic rings. The number of phenols is 16. The number of ether oxygens (including phenoxy) is 5. The Morgan fingerprint density at radius 1 is 0.462 bits per heavy atom. The van der Waals surface area contributed by atoms with Crippen LogP contribution in [0.25, 0.3) is 55.0 Å². The second-order valence-electron chi connectivity index (χ2n) is 17.1. The number of hydrogen-bond donors (Lipinski definition) is 17. The lowest BCUT2D eigenvalue weighted by Crippen LogP contribution is -2.62. The summed E-state index contributed by atoms with van der Waals surface area (Å²) >= 11 is 0. The van der Waals surface area contributed by atoms with E-state index < -0.39 is 242 Å². The Balaban J connectivity index is 1.17. The Labute approximate surface area is 425 Å². The molecule has 6 aromatic carbocycles. The van der Waals surface area contributed by atoms with Gasteiger partial charge in [0, 0.05) is 33.0 Å². The predicted octanol–water partition coefficient (Wildman–Crippen LogP) is 1.98. The minimum atomic E-state index is -2.65. The number of carbonyl (C=O) groups excluding carboxylic acids is 4. The Bertz CT molecular complexity index is 4110. The number of aliphatic hydroxyl groups excluding tert-OH is 1. The van der Waals surface area contributed by atoms with Crippen LogP contribution in [0.4, 0.5) is 0 Å². The highest BCUT2D eigenvalue weighted by atomic mass is 16.7. The van der Waals surface area contributed by atoms with Crippen LogP contribution in [-0.2, 0) is 23.7 Å². The van der Waals surface area contributed by atoms with Crippen molar-refractivity contribution in [2.45, 2.75) is 30.7 Å². The van der Waals surface area contributed by atoms with Crippen molar-refractivity contribution in [3.8, 4) is 114 Å². The average molecular weight is 1090 g/mol. The number of aliphatic hydroxyl groups is 1. The second-order valence-corrected chi connectivity index (χ2v) is 17.1. The quantitative estimate of drug-likeness (QED) is 0.0372. The fraction of sp³-hybridized carbons (Fsp3) is 0.125. The van der Waals surface area contributed by atoms with Gasteiger partial charge in [0.25, 0.3) is 0 Å². The predicted molar refractivity (Wildman–Crippen MR) is 246 cm³/mol. The van der Waals surface area contributed by atoms with Gasteiger partial charge in [-0.15, -0.1) is 0 Å². The highest BCUT2D eigenvalue weighted by Gasteiger charge is 2.54. The Kier molecular flexibility index (Phi) is 11.3. The van der Waals surface area contributed by atoms with E-state index in [4.69, 9.17) is 32.5 Å². The minimum absolute atomic E-state index is 0.292. The van der Waals surface area contributed by atoms with Crippen LogP contribution < -0.4 is 11.3 Å². The van der Waals surface area contributed by atoms with Gasteiger partial charge in [-0.1, -0.05) is 0 Å². The molecular formula is C48H30O30. The van der Waals surface area contributed by atoms with Crippen molar-refractivity contribution in [3.05, 3.63) is 79.5 Å². The Morgan fingerprint density at radius 3 is 1.51 bits per heavy atom. The van der Waals surface area contributed by atoms with E-state index in [9.17, 15) is 116 Å². The first-order valence-electron chi connectivity index (χ1n) is 21.6. The minimum Gasteiger partial charge on any atom is -0.504 e. The van der Waals surface area contributed by atoms with Crippen LogP contribution in [0.5, 0.6) is 92.0 Å². The smallest absolute Gasteiger partial charge is 0.345 e. The molecule has 5 atom stereocenters. The number of esters is 4. The van der Waals surface area contributed by atoms with Crippen molar-refractivity contribution in [1.29, 1.82) is 0 Å². The molecule has 0 bridgehead atoms. The van der Waals surface area contributed by atoms with Crippen LogP contribution in [0, 0.1) is 0 Å². The third-order valence-electron chi connectivity index (χ3n) is 12.6. The molecule has 2 aliphatic rings. The molecule has 78 heavy (non-hydrogen) atoms. The van der Waals surface area contributed by atoms with E-state index in [0.29, 0.717) is 36.4 Å². The monoisotopic (exact) mass is 1090 g/mol. The first kappa shape index (κ1) is 50.4. The maximum absolute atomic E-state index is 15.0. The molecule has 0 radical (unpaired) electrons. The van der Waals surface area contributed by atoms with E-state index in [-0.39, 0.29) is 0 Å². The van der Waals surface area contributed by atoms with Gasteiger partial charge in [-0.3, -0.25) is 0 Å². The summed E-state index contributed by atoms with van der Waals surface area (Å²) in [7, 11) is 0. The molecule has 4 heterocycles. The van der Waals surface area contributed by atoms with Gasteiger partial charge in [0.2, 0.25) is 28.7 Å². The number of benzene rings is 6. The molecule has 30 heteroatoms. The van der Waals surface area contributed by atoms with Crippen molar-refractivity contribution in [3.63, 3.8) is 0 Å². The van der Waals surface area contributed by atoms with E-state index in [1.54, 1.807) is 0 Å². The molecule has 0 amide bonds. The molecule has 0 spiro atoms. The number of carbonyl (C=O) groups is 4. The van der Waals surface area contributed by atoms with Gasteiger partial charge < -0.3 is 119 Å². The third kappa shape index (κ3) is 7.34. The summed E-state index contributed by atoms with van der Waals surface area (Å²) in [6.45, 7) is -1.32. The molecular weight excluding hydrogens is 1060 g/mol. The first-order valence-corrected chi connectivity index (χ1v) is 21.6. The summed E-state index contributed by atoms with van der Waals surface area (Å²) in [6, 6.07) is 2.90. The maximum Gasteiger partial charge on any atom is 0.345 e. The van der Waals surface area contributed by atoms with E-state index in [1.165, 1.54) is 0 Å². The molecule has 2 aromatic heterocycles. The normalized spacial score (nSPS) is 18.2. The first-order chi connectivity index (χ1) is 36.7. The zero-order valence-corrected chi connectivity index (χ0v) is 38.0. The zero-order valence-electron chi connectivity index (χ0n) is 38.0. The maximum atomic E-state index is 15.0. The van der Waals surface area contributed by atoms with E-state index >= 15 is 0 Å². The van der Waals surface area contributed by atoms with Gasteiger partial charge in [0.1, 0.15) is 12.7 Å². The lowest BCUT2D eigenvalue weighted by molar-refractivity contribution is -0.284. The molecule has 10 rings (SSSR count). The number of phenolic OH excluding ortho intramolecular Hbond substituents is 16. The van der Waals surface area contributed by atoms with Crippen molar-refractivity contribution in [2.75, 3.05) is 6.61 Å². The van der Waals surface area contributed by atoms with Gasteiger partial charge in [-0.05, 0) is 36.4 Å². The molecule has 1 saturated heterocycles. The fourth-order valence-electron chi connectivity index (χ4n) is 9.05. The Hall–Kier alpha value is -11.1. The highest BCUT2D eigenvalue weighted by Crippen LogP contribution is 2.56. The van der Waals surface area contributed by atoms with Crippen molar-refractivity contribution in [1.82, 2.24) is 0 Å². The van der Waals surface area contributed by atoms with Crippen LogP contribution in [0.1, 0.15) is 41.4 Å². The second kappa shape index (κ2) is 17.5. The van der Waals surface area contributed by atoms with Gasteiger partial charge in [-0.25, -0.2) is 28.8 Å². The number of rotatable bonds is 6. The van der Waals surface area contributed by atoms with Crippen molar-refractivity contribution in [2.24, 2.45) is 0 Å². The lowest BCUT2D eigenvalue weighted by Gasteiger charge is -2.43. The number of fused-ring (bicyclic) bond motifs is 4. The summed E-state index contributed by atoms with van der Waals surface area (Å²) < 4.78 is 38.0. The molecule has 0 unspecified atom stereocenters. The van der Waals surface area contributed by atoms with Gasteiger partial charge in [-0.2, -0.15) is 0 Å². The molecule has 402 valence electrons. The molecule has 1 fully saturated rings. The van der Waals surface area contributed by atoms with Crippen molar-refractivity contribution < 1.29 is 139 Å². The van der Waals surface area contributed by atoms with E-state index in [1.807, 2.05) is 0 Å². The van der Waals surface area contributed by atoms with Crippen LogP contribution in [0.15, 0.2) is 54.8 Å². The van der Waals surface area contributed by atoms with Crippen LogP contribution >= 0.6 is 0 Å². The van der Waals surface area contributed by atoms with Gasteiger partial charge >= 0.3 is 35.1 Å². The highest BCUT2D eigenvalue weighted by molar-refractivity contribution is 6.26. The third-order valence-corrected chi connectivity index (χ3v) is 12.6. The standard InChI is InChI=1S/C48H30O30/c49-13-1-8(2-14(50)27(13)55)42(65)72-7-19-37(40-41(48(71)73-19)78-45(68)10-4-16(52)29(57)33(61)21(10)20-9(44(67)77-40)3-15(51)28(56)32(20)60)74-43(66)11-5-17(53)30(58)34(62)22(11)24-26-25-23-12(46(69)75-39(25)36(64)35(24)63)6-18(54)31(59)38(23)76-47(26)70/h1-6,19,37,40-41,48-64,71H,7H2/t19-,37+,40-,41-,48+/m0/s1. The SMILES string of the molecule is O=C(OC[C@@H]1O[C@@H](O)[C@H]2OC(=O)c3cc(O)c(O)c(O)c3-c3c(cc(O)c(O)c3O)C(=O)O[C@H]2[C@@H]1OC(=O)c1cc(O)c(O)c(O)c1-c1c(O)c(O)c2oc(=O)c3cc(O)c(O)c4oc(=O)c1c2c43)c1cc(O)c(O)c(O)c1. The molecule has 30 nitrogen and oxygen atoms in total. The van der Waals surface area contributed by atoms with Gasteiger partial charge in [0.15, 0.2) is 99.0 Å². The van der Waals surface area contributed by atoms with E-state index in [0.717, 1.165) is 0 Å². The van der Waals surface area contributed by atoms with E-state index in [2.05, 4.69) is 0 Å². The summed E-state index contributed by atoms with van der Waals surface area (Å²) in [5, 5.41) is 180. The van der Waals surface area contributed by atoms with Crippen LogP contribution in [0.3, 0.4) is 0 Å². The topological polar surface area (TPSA) is 519 Å². The van der Waals surface area contributed by atoms with Crippen molar-refractivity contribution >= 4 is 56.6 Å². The summed E-state index contributed by atoms with van der Waals surface area (Å²) in [6.07, 6.45) is -12.7. The van der Waals surface area contributed by atoms with Crippen LogP contribution in [0.2, 0.25) is 0 Å². The average Bonchev–Trinajstić information content (AvgIpc) is 3.57. The summed E-state index contributed by atoms with van der Waals surface area (Å²) in [5.74, 6) is -28.5. The zero-order chi connectivity index (χ0) is 56.6. The lowest BCUT2D eigenvalue weighted by atomic mass is 9.90. The number of hydrogen-bond acceptors (Lipinski definition) is 30. The largest absolute Gasteiger partial charge is 0.504 e. The van der Waals surface area contributed by atoms with Crippen LogP contribution in [-0.4, -0.2) is 148 Å².